The van der Waals surface area contributed by atoms with Crippen LogP contribution in [0.25, 0.3) is 0 Å². The molecule has 2 N–H and O–H groups in total. The van der Waals surface area contributed by atoms with E-state index in [2.05, 4.69) is 20.5 Å². The minimum atomic E-state index is -2.85. The molecule has 3 rings (SSSR count). The van der Waals surface area contributed by atoms with Crippen LogP contribution in [0.3, 0.4) is 0 Å². The molecule has 0 bridgehead atoms. The highest BCUT2D eigenvalue weighted by molar-refractivity contribution is 5.85. The van der Waals surface area contributed by atoms with Gasteiger partial charge in [-0.1, -0.05) is 12.1 Å². The number of aromatic nitrogens is 2. The lowest BCUT2D eigenvalue weighted by Crippen LogP contribution is -2.54. The van der Waals surface area contributed by atoms with Gasteiger partial charge in [0.05, 0.1) is 0 Å². The fraction of sp³-hybridized carbons (Fsp3) is 0.412. The first-order chi connectivity index (χ1) is 12.1. The minimum Gasteiger partial charge on any atom is -0.435 e. The predicted octanol–water partition coefficient (Wildman–Crippen LogP) is 2.30. The molecule has 1 aromatic heterocycles. The van der Waals surface area contributed by atoms with E-state index in [4.69, 9.17) is 0 Å². The van der Waals surface area contributed by atoms with Crippen LogP contribution < -0.4 is 15.4 Å². The standard InChI is InChI=1S/C17H20F2N4O2.ClH/c18-16(19)25-14-4-2-13(3-5-14)12-21-15(24)17(6-9-20-10-7-17)23-11-1-8-22-23;/h1-5,8,11,16,20H,6-7,9-10,12H2,(H,21,24);1H. The van der Waals surface area contributed by atoms with Gasteiger partial charge < -0.3 is 15.4 Å². The lowest BCUT2D eigenvalue weighted by atomic mass is 9.87. The van der Waals surface area contributed by atoms with Gasteiger partial charge in [0.15, 0.2) is 0 Å². The number of hydrogen-bond acceptors (Lipinski definition) is 4. The Morgan fingerprint density at radius 3 is 2.58 bits per heavy atom. The first kappa shape index (κ1) is 20.1. The summed E-state index contributed by atoms with van der Waals surface area (Å²) in [7, 11) is 0. The molecule has 1 aliphatic heterocycles. The highest BCUT2D eigenvalue weighted by Crippen LogP contribution is 2.27. The zero-order valence-electron chi connectivity index (χ0n) is 14.0. The van der Waals surface area contributed by atoms with Gasteiger partial charge in [-0.05, 0) is 49.7 Å². The van der Waals surface area contributed by atoms with Crippen LogP contribution in [0.1, 0.15) is 18.4 Å². The number of alkyl halides is 2. The summed E-state index contributed by atoms with van der Waals surface area (Å²) in [5.74, 6) is 0.00190. The van der Waals surface area contributed by atoms with Gasteiger partial charge in [0, 0.05) is 18.9 Å². The Morgan fingerprint density at radius 1 is 1.31 bits per heavy atom. The number of hydrogen-bond donors (Lipinski definition) is 2. The average molecular weight is 387 g/mol. The van der Waals surface area contributed by atoms with Crippen LogP contribution in [0.15, 0.2) is 42.7 Å². The monoisotopic (exact) mass is 386 g/mol. The number of ether oxygens (including phenoxy) is 1. The highest BCUT2D eigenvalue weighted by atomic mass is 35.5. The van der Waals surface area contributed by atoms with Gasteiger partial charge in [0.1, 0.15) is 11.3 Å². The molecule has 9 heteroatoms. The van der Waals surface area contributed by atoms with E-state index in [1.165, 1.54) is 12.1 Å². The highest BCUT2D eigenvalue weighted by Gasteiger charge is 2.41. The van der Waals surface area contributed by atoms with Crippen molar-refractivity contribution in [3.63, 3.8) is 0 Å². The van der Waals surface area contributed by atoms with Gasteiger partial charge >= 0.3 is 6.61 Å². The first-order valence-corrected chi connectivity index (χ1v) is 8.13. The second-order valence-electron chi connectivity index (χ2n) is 5.94. The maximum Gasteiger partial charge on any atom is 0.387 e. The summed E-state index contributed by atoms with van der Waals surface area (Å²) in [5.41, 5.74) is 0.104. The average Bonchev–Trinajstić information content (AvgIpc) is 3.16. The smallest absolute Gasteiger partial charge is 0.387 e. The Bertz CT molecular complexity index is 689. The van der Waals surface area contributed by atoms with Crippen molar-refractivity contribution in [1.82, 2.24) is 20.4 Å². The van der Waals surface area contributed by atoms with Gasteiger partial charge in [-0.15, -0.1) is 12.4 Å². The molecule has 2 heterocycles. The van der Waals surface area contributed by atoms with Crippen molar-refractivity contribution < 1.29 is 18.3 Å². The topological polar surface area (TPSA) is 68.2 Å². The van der Waals surface area contributed by atoms with E-state index in [0.717, 1.165) is 18.7 Å². The van der Waals surface area contributed by atoms with Crippen molar-refractivity contribution in [1.29, 1.82) is 0 Å². The summed E-state index contributed by atoms with van der Waals surface area (Å²) in [5, 5.41) is 10.5. The van der Waals surface area contributed by atoms with Crippen molar-refractivity contribution in [3.8, 4) is 5.75 Å². The third-order valence-electron chi connectivity index (χ3n) is 4.40. The van der Waals surface area contributed by atoms with Crippen LogP contribution in [0.5, 0.6) is 5.75 Å². The first-order valence-electron chi connectivity index (χ1n) is 8.13. The number of nitrogens with zero attached hydrogens (tertiary/aromatic N) is 2. The number of amides is 1. The SMILES string of the molecule is Cl.O=C(NCc1ccc(OC(F)F)cc1)C1(n2cccn2)CCNCC1. The second-order valence-corrected chi connectivity index (χ2v) is 5.94. The zero-order valence-corrected chi connectivity index (χ0v) is 14.8. The van der Waals surface area contributed by atoms with Gasteiger partial charge in [0.2, 0.25) is 5.91 Å². The molecule has 2 aromatic rings. The fourth-order valence-corrected chi connectivity index (χ4v) is 3.06. The van der Waals surface area contributed by atoms with Crippen LogP contribution >= 0.6 is 12.4 Å². The molecular formula is C17H21ClF2N4O2. The fourth-order valence-electron chi connectivity index (χ4n) is 3.06. The Kier molecular flexibility index (Phi) is 6.93. The summed E-state index contributed by atoms with van der Waals surface area (Å²) >= 11 is 0. The molecule has 0 saturated carbocycles. The molecule has 0 spiro atoms. The minimum absolute atomic E-state index is 0. The second kappa shape index (κ2) is 8.95. The molecule has 142 valence electrons. The van der Waals surface area contributed by atoms with Crippen LogP contribution in [-0.4, -0.2) is 35.4 Å². The third-order valence-corrected chi connectivity index (χ3v) is 4.40. The molecule has 0 atom stereocenters. The molecule has 0 aliphatic carbocycles. The van der Waals surface area contributed by atoms with E-state index in [9.17, 15) is 13.6 Å². The van der Waals surface area contributed by atoms with Gasteiger partial charge in [-0.2, -0.15) is 13.9 Å². The lowest BCUT2D eigenvalue weighted by Gasteiger charge is -2.36. The Labute approximate surface area is 156 Å². The third kappa shape index (κ3) is 4.50. The number of piperidine rings is 1. The molecule has 1 aliphatic rings. The Morgan fingerprint density at radius 2 is 2.00 bits per heavy atom. The van der Waals surface area contributed by atoms with Gasteiger partial charge in [-0.3, -0.25) is 9.48 Å². The van der Waals surface area contributed by atoms with Crippen LogP contribution in [0.2, 0.25) is 0 Å². The molecule has 6 nitrogen and oxygen atoms in total. The van der Waals surface area contributed by atoms with E-state index in [1.54, 1.807) is 35.3 Å². The molecular weight excluding hydrogens is 366 g/mol. The van der Waals surface area contributed by atoms with E-state index in [0.29, 0.717) is 19.4 Å². The van der Waals surface area contributed by atoms with Gasteiger partial charge in [0.25, 0.3) is 0 Å². The Hall–Kier alpha value is -2.19. The van der Waals surface area contributed by atoms with Crippen molar-refractivity contribution >= 4 is 18.3 Å². The molecule has 1 aromatic carbocycles. The van der Waals surface area contributed by atoms with Crippen molar-refractivity contribution in [2.45, 2.75) is 31.5 Å². The number of rotatable bonds is 6. The molecule has 0 unspecified atom stereocenters. The number of nitrogens with one attached hydrogen (secondary N) is 2. The largest absolute Gasteiger partial charge is 0.435 e. The maximum absolute atomic E-state index is 12.9. The molecule has 0 radical (unpaired) electrons. The molecule has 1 saturated heterocycles. The predicted molar refractivity (Wildman–Crippen MR) is 94.5 cm³/mol. The number of carbonyl (C=O) groups is 1. The number of carbonyl (C=O) groups excluding carboxylic acids is 1. The van der Waals surface area contributed by atoms with E-state index < -0.39 is 12.2 Å². The van der Waals surface area contributed by atoms with Crippen LogP contribution in [0, 0.1) is 0 Å². The van der Waals surface area contributed by atoms with Crippen molar-refractivity contribution in [3.05, 3.63) is 48.3 Å². The summed E-state index contributed by atoms with van der Waals surface area (Å²) < 4.78 is 30.4. The molecule has 1 fully saturated rings. The van der Waals surface area contributed by atoms with E-state index in [1.807, 2.05) is 0 Å². The normalized spacial score (nSPS) is 16.0. The van der Waals surface area contributed by atoms with Crippen molar-refractivity contribution in [2.75, 3.05) is 13.1 Å². The zero-order chi connectivity index (χ0) is 17.7. The lowest BCUT2D eigenvalue weighted by molar-refractivity contribution is -0.132. The van der Waals surface area contributed by atoms with Crippen molar-refractivity contribution in [2.24, 2.45) is 0 Å². The molecule has 26 heavy (non-hydrogen) atoms. The number of benzene rings is 1. The number of halogens is 3. The maximum atomic E-state index is 12.9. The van der Waals surface area contributed by atoms with E-state index >= 15 is 0 Å². The van der Waals surface area contributed by atoms with Crippen LogP contribution in [-0.2, 0) is 16.9 Å². The quantitative estimate of drug-likeness (QED) is 0.799. The van der Waals surface area contributed by atoms with Crippen LogP contribution in [0.4, 0.5) is 8.78 Å². The molecule has 1 amide bonds. The summed E-state index contributed by atoms with van der Waals surface area (Å²) in [4.78, 5) is 12.9. The summed E-state index contributed by atoms with van der Waals surface area (Å²) in [6.45, 7) is -1.05. The summed E-state index contributed by atoms with van der Waals surface area (Å²) in [6.07, 6.45) is 4.78. The van der Waals surface area contributed by atoms with Gasteiger partial charge in [-0.25, -0.2) is 0 Å². The van der Waals surface area contributed by atoms with E-state index in [-0.39, 0.29) is 24.1 Å². The Balaban J connectivity index is 0.00000243. The summed E-state index contributed by atoms with van der Waals surface area (Å²) in [6, 6.07) is 8.03.